The molecule has 1 amide bonds. The molecule has 0 saturated carbocycles. The zero-order chi connectivity index (χ0) is 12.8. The third-order valence-corrected chi connectivity index (χ3v) is 2.23. The highest BCUT2D eigenvalue weighted by molar-refractivity contribution is 5.92. The van der Waals surface area contributed by atoms with Gasteiger partial charge in [0.05, 0.1) is 13.0 Å². The molecule has 0 aliphatic rings. The first-order valence-corrected chi connectivity index (χ1v) is 5.47. The van der Waals surface area contributed by atoms with E-state index in [-0.39, 0.29) is 18.3 Å². The molecule has 1 rings (SSSR count). The molecule has 0 spiro atoms. The maximum Gasteiger partial charge on any atom is 0.307 e. The number of carbonyl (C=O) groups excluding carboxylic acids is 2. The Morgan fingerprint density at radius 2 is 2.24 bits per heavy atom. The summed E-state index contributed by atoms with van der Waals surface area (Å²) in [6.45, 7) is 4.25. The van der Waals surface area contributed by atoms with Gasteiger partial charge in [0.2, 0.25) is 0 Å². The summed E-state index contributed by atoms with van der Waals surface area (Å²) in [7, 11) is 1.63. The summed E-state index contributed by atoms with van der Waals surface area (Å²) in [5.74, 6) is -0.510. The van der Waals surface area contributed by atoms with Crippen LogP contribution in [0.25, 0.3) is 0 Å². The third-order valence-electron chi connectivity index (χ3n) is 2.23. The van der Waals surface area contributed by atoms with E-state index >= 15 is 0 Å². The van der Waals surface area contributed by atoms with Gasteiger partial charge in [-0.2, -0.15) is 5.10 Å². The number of ether oxygens (including phenoxy) is 1. The van der Waals surface area contributed by atoms with E-state index in [9.17, 15) is 9.59 Å². The number of esters is 1. The average Bonchev–Trinajstić information content (AvgIpc) is 2.72. The molecule has 6 nitrogen and oxygen atoms in total. The van der Waals surface area contributed by atoms with Crippen LogP contribution < -0.4 is 0 Å². The first-order valence-electron chi connectivity index (χ1n) is 5.47. The lowest BCUT2D eigenvalue weighted by Gasteiger charge is -2.14. The predicted octanol–water partition coefficient (Wildman–Crippen LogP) is 0.743. The lowest BCUT2D eigenvalue weighted by atomic mass is 10.3. The van der Waals surface area contributed by atoms with Crippen LogP contribution in [0.4, 0.5) is 0 Å². The largest absolute Gasteiger partial charge is 0.466 e. The predicted molar refractivity (Wildman–Crippen MR) is 61.5 cm³/mol. The van der Waals surface area contributed by atoms with Gasteiger partial charge in [-0.15, -0.1) is 0 Å². The van der Waals surface area contributed by atoms with Crippen LogP contribution in [0, 0.1) is 6.92 Å². The number of nitrogens with one attached hydrogen (secondary N) is 1. The fraction of sp³-hybridized carbons (Fsp3) is 0.545. The summed E-state index contributed by atoms with van der Waals surface area (Å²) >= 11 is 0. The Balaban J connectivity index is 2.45. The fourth-order valence-electron chi connectivity index (χ4n) is 1.32. The van der Waals surface area contributed by atoms with Gasteiger partial charge < -0.3 is 9.64 Å². The molecular formula is C11H17N3O3. The molecule has 0 aromatic carbocycles. The van der Waals surface area contributed by atoms with Gasteiger partial charge in [-0.05, 0) is 19.9 Å². The van der Waals surface area contributed by atoms with Crippen LogP contribution in [-0.2, 0) is 9.53 Å². The molecule has 1 heterocycles. The summed E-state index contributed by atoms with van der Waals surface area (Å²) < 4.78 is 4.78. The topological polar surface area (TPSA) is 75.3 Å². The molecule has 1 aromatic rings. The summed E-state index contributed by atoms with van der Waals surface area (Å²) in [5.41, 5.74) is 1.18. The van der Waals surface area contributed by atoms with Crippen molar-refractivity contribution in [2.45, 2.75) is 20.3 Å². The molecule has 0 fully saturated rings. The summed E-state index contributed by atoms with van der Waals surface area (Å²) in [6, 6.07) is 1.67. The number of amides is 1. The van der Waals surface area contributed by atoms with Gasteiger partial charge in [0.1, 0.15) is 5.69 Å². The second-order valence-electron chi connectivity index (χ2n) is 3.72. The quantitative estimate of drug-likeness (QED) is 0.769. The van der Waals surface area contributed by atoms with Crippen molar-refractivity contribution in [1.29, 1.82) is 0 Å². The molecule has 0 aliphatic carbocycles. The normalized spacial score (nSPS) is 10.1. The minimum Gasteiger partial charge on any atom is -0.466 e. The monoisotopic (exact) mass is 239 g/mol. The zero-order valence-corrected chi connectivity index (χ0v) is 10.3. The van der Waals surface area contributed by atoms with Gasteiger partial charge in [-0.25, -0.2) is 0 Å². The van der Waals surface area contributed by atoms with Crippen LogP contribution in [0.3, 0.4) is 0 Å². The third kappa shape index (κ3) is 3.90. The Morgan fingerprint density at radius 3 is 2.76 bits per heavy atom. The van der Waals surface area contributed by atoms with Crippen molar-refractivity contribution in [2.24, 2.45) is 0 Å². The van der Waals surface area contributed by atoms with Crippen molar-refractivity contribution < 1.29 is 14.3 Å². The van der Waals surface area contributed by atoms with Crippen molar-refractivity contribution in [1.82, 2.24) is 15.1 Å². The highest BCUT2D eigenvalue weighted by Gasteiger charge is 2.15. The van der Waals surface area contributed by atoms with Crippen LogP contribution in [0.2, 0.25) is 0 Å². The molecule has 0 saturated heterocycles. The number of hydrogen-bond donors (Lipinski definition) is 1. The maximum atomic E-state index is 11.8. The molecule has 0 unspecified atom stereocenters. The Labute approximate surface area is 99.9 Å². The summed E-state index contributed by atoms with van der Waals surface area (Å²) in [5, 5.41) is 6.57. The minimum absolute atomic E-state index is 0.194. The molecule has 0 atom stereocenters. The smallest absolute Gasteiger partial charge is 0.307 e. The number of aromatic nitrogens is 2. The minimum atomic E-state index is -0.301. The number of aryl methyl sites for hydroxylation is 1. The highest BCUT2D eigenvalue weighted by atomic mass is 16.5. The van der Waals surface area contributed by atoms with Crippen molar-refractivity contribution >= 4 is 11.9 Å². The second kappa shape index (κ2) is 6.03. The lowest BCUT2D eigenvalue weighted by Crippen LogP contribution is -2.29. The van der Waals surface area contributed by atoms with Gasteiger partial charge in [0.25, 0.3) is 5.91 Å². The number of aromatic amines is 1. The molecule has 94 valence electrons. The molecular weight excluding hydrogens is 222 g/mol. The second-order valence-corrected chi connectivity index (χ2v) is 3.72. The van der Waals surface area contributed by atoms with Gasteiger partial charge in [0.15, 0.2) is 0 Å². The molecule has 6 heteroatoms. The van der Waals surface area contributed by atoms with Gasteiger partial charge >= 0.3 is 5.97 Å². The molecule has 0 bridgehead atoms. The van der Waals surface area contributed by atoms with Crippen molar-refractivity contribution in [2.75, 3.05) is 20.2 Å². The first kappa shape index (κ1) is 13.2. The SMILES string of the molecule is CCOC(=O)CCN(C)C(=O)c1cc(C)[nH]n1. The van der Waals surface area contributed by atoms with Crippen molar-refractivity contribution in [3.8, 4) is 0 Å². The van der Waals surface area contributed by atoms with Crippen molar-refractivity contribution in [3.05, 3.63) is 17.5 Å². The van der Waals surface area contributed by atoms with Crippen molar-refractivity contribution in [3.63, 3.8) is 0 Å². The van der Waals surface area contributed by atoms with E-state index in [1.807, 2.05) is 6.92 Å². The van der Waals surface area contributed by atoms with E-state index in [0.29, 0.717) is 18.8 Å². The number of H-pyrrole nitrogens is 1. The maximum absolute atomic E-state index is 11.8. The lowest BCUT2D eigenvalue weighted by molar-refractivity contribution is -0.143. The first-order chi connectivity index (χ1) is 8.04. The van der Waals surface area contributed by atoms with E-state index in [2.05, 4.69) is 10.2 Å². The van der Waals surface area contributed by atoms with Crippen LogP contribution >= 0.6 is 0 Å². The summed E-state index contributed by atoms with van der Waals surface area (Å²) in [6.07, 6.45) is 0.194. The van der Waals surface area contributed by atoms with E-state index in [0.717, 1.165) is 5.69 Å². The zero-order valence-electron chi connectivity index (χ0n) is 10.3. The fourth-order valence-corrected chi connectivity index (χ4v) is 1.32. The van der Waals surface area contributed by atoms with Crippen LogP contribution in [0.1, 0.15) is 29.5 Å². The number of hydrogen-bond acceptors (Lipinski definition) is 4. The average molecular weight is 239 g/mol. The molecule has 1 aromatic heterocycles. The Kier molecular flexibility index (Phi) is 4.68. The van der Waals surface area contributed by atoms with Gasteiger partial charge in [-0.1, -0.05) is 0 Å². The van der Waals surface area contributed by atoms with Gasteiger partial charge in [-0.3, -0.25) is 14.7 Å². The number of carbonyl (C=O) groups is 2. The molecule has 17 heavy (non-hydrogen) atoms. The highest BCUT2D eigenvalue weighted by Crippen LogP contribution is 2.02. The van der Waals surface area contributed by atoms with Gasteiger partial charge in [0, 0.05) is 19.3 Å². The standard InChI is InChI=1S/C11H17N3O3/c1-4-17-10(15)5-6-14(3)11(16)9-7-8(2)12-13-9/h7H,4-6H2,1-3H3,(H,12,13). The van der Waals surface area contributed by atoms with E-state index in [1.54, 1.807) is 20.0 Å². The van der Waals surface area contributed by atoms with E-state index in [4.69, 9.17) is 4.74 Å². The Morgan fingerprint density at radius 1 is 1.53 bits per heavy atom. The van der Waals surface area contributed by atoms with Crippen LogP contribution in [0.5, 0.6) is 0 Å². The van der Waals surface area contributed by atoms with E-state index in [1.165, 1.54) is 4.90 Å². The Hall–Kier alpha value is -1.85. The molecule has 0 radical (unpaired) electrons. The van der Waals surface area contributed by atoms with E-state index < -0.39 is 0 Å². The Bertz CT molecular complexity index is 400. The number of nitrogens with zero attached hydrogens (tertiary/aromatic N) is 2. The summed E-state index contributed by atoms with van der Waals surface area (Å²) in [4.78, 5) is 24.4. The molecule has 1 N–H and O–H groups in total. The van der Waals surface area contributed by atoms with Crippen LogP contribution in [0.15, 0.2) is 6.07 Å². The van der Waals surface area contributed by atoms with Crippen LogP contribution in [-0.4, -0.2) is 47.2 Å². The molecule has 0 aliphatic heterocycles. The number of rotatable bonds is 5.